The number of thiophene rings is 2. The maximum absolute atomic E-state index is 13.1. The summed E-state index contributed by atoms with van der Waals surface area (Å²) < 4.78 is 16.4. The molecular formula is C25H25N3O6S2. The summed E-state index contributed by atoms with van der Waals surface area (Å²) in [6.45, 7) is 5.27. The minimum Gasteiger partial charge on any atom is -0.490 e. The second-order valence-electron chi connectivity index (χ2n) is 8.14. The molecule has 2 amide bonds. The van der Waals surface area contributed by atoms with Crippen LogP contribution in [0.15, 0.2) is 35.7 Å². The molecule has 0 spiro atoms. The van der Waals surface area contributed by atoms with Gasteiger partial charge in [-0.25, -0.2) is 9.59 Å². The molecule has 0 saturated heterocycles. The van der Waals surface area contributed by atoms with Gasteiger partial charge >= 0.3 is 12.1 Å². The van der Waals surface area contributed by atoms with E-state index in [-0.39, 0.29) is 12.0 Å². The summed E-state index contributed by atoms with van der Waals surface area (Å²) in [5.41, 5.74) is 2.37. The average Bonchev–Trinajstić information content (AvgIpc) is 3.53. The van der Waals surface area contributed by atoms with Crippen LogP contribution >= 0.6 is 22.7 Å². The summed E-state index contributed by atoms with van der Waals surface area (Å²) in [5.74, 6) is 0.111. The molecule has 11 heteroatoms. The number of hydrogen-bond acceptors (Lipinski definition) is 9. The Morgan fingerprint density at radius 3 is 2.75 bits per heavy atom. The minimum atomic E-state index is -0.493. The highest BCUT2D eigenvalue weighted by Gasteiger charge is 2.34. The summed E-state index contributed by atoms with van der Waals surface area (Å²) >= 11 is 2.79. The van der Waals surface area contributed by atoms with E-state index >= 15 is 0 Å². The smallest absolute Gasteiger partial charge is 0.410 e. The molecule has 4 heterocycles. The molecule has 36 heavy (non-hydrogen) atoms. The number of nitrogens with one attached hydrogen (secondary N) is 2. The Labute approximate surface area is 216 Å². The topological polar surface area (TPSA) is 106 Å². The van der Waals surface area contributed by atoms with Gasteiger partial charge in [0, 0.05) is 11.4 Å². The van der Waals surface area contributed by atoms with Gasteiger partial charge in [0.2, 0.25) is 0 Å². The molecule has 0 bridgehead atoms. The number of carbonyl (C=O) groups is 3. The zero-order valence-electron chi connectivity index (χ0n) is 19.8. The Hall–Kier alpha value is -3.57. The molecule has 1 aromatic carbocycles. The predicted molar refractivity (Wildman–Crippen MR) is 136 cm³/mol. The van der Waals surface area contributed by atoms with Gasteiger partial charge in [-0.05, 0) is 55.0 Å². The van der Waals surface area contributed by atoms with Crippen LogP contribution in [0.5, 0.6) is 11.5 Å². The number of hydrogen-bond donors (Lipinski definition) is 2. The van der Waals surface area contributed by atoms with Crippen molar-refractivity contribution in [2.75, 3.05) is 25.1 Å². The fourth-order valence-electron chi connectivity index (χ4n) is 4.25. The summed E-state index contributed by atoms with van der Waals surface area (Å²) in [7, 11) is 0. The summed E-state index contributed by atoms with van der Waals surface area (Å²) in [5, 5.41) is 9.01. The first-order chi connectivity index (χ1) is 17.5. The highest BCUT2D eigenvalue weighted by molar-refractivity contribution is 7.16. The van der Waals surface area contributed by atoms with Gasteiger partial charge in [-0.3, -0.25) is 4.79 Å². The third kappa shape index (κ3) is 4.63. The van der Waals surface area contributed by atoms with Gasteiger partial charge in [0.1, 0.15) is 16.0 Å². The van der Waals surface area contributed by atoms with Crippen LogP contribution in [0, 0.1) is 0 Å². The number of benzene rings is 1. The van der Waals surface area contributed by atoms with E-state index in [9.17, 15) is 14.4 Å². The van der Waals surface area contributed by atoms with Crippen LogP contribution in [0.4, 0.5) is 9.80 Å². The Kier molecular flexibility index (Phi) is 6.84. The number of ether oxygens (including phenoxy) is 3. The van der Waals surface area contributed by atoms with Crippen molar-refractivity contribution in [2.24, 2.45) is 0 Å². The molecule has 3 aromatic rings. The zero-order chi connectivity index (χ0) is 25.2. The van der Waals surface area contributed by atoms with Crippen LogP contribution in [0.3, 0.4) is 0 Å². The van der Waals surface area contributed by atoms with Crippen LogP contribution < -0.4 is 20.1 Å². The van der Waals surface area contributed by atoms with Gasteiger partial charge in [0.25, 0.3) is 5.91 Å². The second kappa shape index (κ2) is 10.2. The Morgan fingerprint density at radius 1 is 1.14 bits per heavy atom. The van der Waals surface area contributed by atoms with Crippen LogP contribution in [0.2, 0.25) is 0 Å². The van der Waals surface area contributed by atoms with E-state index in [0.29, 0.717) is 54.7 Å². The lowest BCUT2D eigenvalue weighted by Crippen LogP contribution is -2.39. The largest absolute Gasteiger partial charge is 0.490 e. The number of fused-ring (bicyclic) bond motifs is 3. The van der Waals surface area contributed by atoms with E-state index in [1.54, 1.807) is 42.2 Å². The third-order valence-electron chi connectivity index (χ3n) is 5.89. The second-order valence-corrected chi connectivity index (χ2v) is 10.2. The van der Waals surface area contributed by atoms with Gasteiger partial charge in [-0.15, -0.1) is 22.7 Å². The molecular weight excluding hydrogens is 502 g/mol. The molecule has 188 valence electrons. The summed E-state index contributed by atoms with van der Waals surface area (Å²) in [6.07, 6.45) is -0.237. The molecule has 0 fully saturated rings. The van der Waals surface area contributed by atoms with Crippen molar-refractivity contribution in [1.29, 1.82) is 0 Å². The molecule has 0 saturated carbocycles. The van der Waals surface area contributed by atoms with Crippen molar-refractivity contribution in [3.05, 3.63) is 62.2 Å². The number of rotatable bonds is 6. The summed E-state index contributed by atoms with van der Waals surface area (Å²) in [4.78, 5) is 40.9. The monoisotopic (exact) mass is 527 g/mol. The van der Waals surface area contributed by atoms with E-state index in [1.807, 2.05) is 12.3 Å². The SMILES string of the molecule is CCOC(=O)N1CCc2c(sc3c2C(=O)NC(c2ccc(OC(=O)c4cccs4)c(OCC)c2)N3)C1. The highest BCUT2D eigenvalue weighted by Crippen LogP contribution is 2.41. The van der Waals surface area contributed by atoms with Crippen LogP contribution in [-0.2, 0) is 17.7 Å². The molecule has 2 aliphatic rings. The first kappa shape index (κ1) is 24.1. The van der Waals surface area contributed by atoms with E-state index in [1.165, 1.54) is 22.7 Å². The van der Waals surface area contributed by atoms with E-state index in [2.05, 4.69) is 10.6 Å². The Balaban J connectivity index is 1.37. The Bertz CT molecular complexity index is 1300. The maximum atomic E-state index is 13.1. The first-order valence-electron chi connectivity index (χ1n) is 11.6. The van der Waals surface area contributed by atoms with Gasteiger partial charge in [0.15, 0.2) is 11.5 Å². The molecule has 2 N–H and O–H groups in total. The Morgan fingerprint density at radius 2 is 2.00 bits per heavy atom. The lowest BCUT2D eigenvalue weighted by Gasteiger charge is -2.28. The first-order valence-corrected chi connectivity index (χ1v) is 13.3. The minimum absolute atomic E-state index is 0.165. The zero-order valence-corrected chi connectivity index (χ0v) is 21.4. The molecule has 0 radical (unpaired) electrons. The number of anilines is 1. The summed E-state index contributed by atoms with van der Waals surface area (Å²) in [6, 6.07) is 8.72. The predicted octanol–water partition coefficient (Wildman–Crippen LogP) is 4.80. The molecule has 9 nitrogen and oxygen atoms in total. The highest BCUT2D eigenvalue weighted by atomic mass is 32.1. The van der Waals surface area contributed by atoms with E-state index in [0.717, 1.165) is 21.0 Å². The van der Waals surface area contributed by atoms with Crippen molar-refractivity contribution in [3.63, 3.8) is 0 Å². The molecule has 2 aliphatic heterocycles. The fourth-order valence-corrected chi connectivity index (χ4v) is 6.14. The standard InChI is InChI=1S/C25H25N3O6S2/c1-3-32-17-12-14(7-8-16(17)34-24(30)18-6-5-11-35-18)21-26-22(29)20-15-9-10-28(25(31)33-4-2)13-19(15)36-23(20)27-21/h5-8,11-12,21,27H,3-4,9-10,13H2,1-2H3,(H,26,29). The van der Waals surface area contributed by atoms with Crippen LogP contribution in [0.1, 0.15) is 56.0 Å². The van der Waals surface area contributed by atoms with Crippen LogP contribution in [-0.4, -0.2) is 42.6 Å². The normalized spacial score (nSPS) is 16.3. The number of amides is 2. The van der Waals surface area contributed by atoms with Crippen molar-refractivity contribution < 1.29 is 28.6 Å². The van der Waals surface area contributed by atoms with Gasteiger partial charge in [0.05, 0.1) is 25.3 Å². The van der Waals surface area contributed by atoms with Crippen molar-refractivity contribution in [2.45, 2.75) is 33.0 Å². The molecule has 1 atom stereocenters. The van der Waals surface area contributed by atoms with Crippen molar-refractivity contribution in [3.8, 4) is 11.5 Å². The quantitative estimate of drug-likeness (QED) is 0.350. The van der Waals surface area contributed by atoms with Crippen molar-refractivity contribution >= 4 is 45.6 Å². The molecule has 2 aromatic heterocycles. The van der Waals surface area contributed by atoms with Gasteiger partial charge < -0.3 is 29.7 Å². The number of nitrogens with zero attached hydrogens (tertiary/aromatic N) is 1. The lowest BCUT2D eigenvalue weighted by atomic mass is 10.0. The molecule has 1 unspecified atom stereocenters. The molecule has 5 rings (SSSR count). The van der Waals surface area contributed by atoms with Gasteiger partial charge in [-0.2, -0.15) is 0 Å². The lowest BCUT2D eigenvalue weighted by molar-refractivity contribution is 0.0733. The third-order valence-corrected chi connectivity index (χ3v) is 7.88. The van der Waals surface area contributed by atoms with E-state index in [4.69, 9.17) is 14.2 Å². The number of esters is 1. The van der Waals surface area contributed by atoms with E-state index < -0.39 is 12.1 Å². The maximum Gasteiger partial charge on any atom is 0.410 e. The van der Waals surface area contributed by atoms with Gasteiger partial charge in [-0.1, -0.05) is 12.1 Å². The number of carbonyl (C=O) groups excluding carboxylic acids is 3. The average molecular weight is 528 g/mol. The van der Waals surface area contributed by atoms with Crippen LogP contribution in [0.25, 0.3) is 0 Å². The molecule has 0 aliphatic carbocycles. The van der Waals surface area contributed by atoms with Crippen molar-refractivity contribution in [1.82, 2.24) is 10.2 Å². The fraction of sp³-hybridized carbons (Fsp3) is 0.320.